The highest BCUT2D eigenvalue weighted by Crippen LogP contribution is 2.47. The van der Waals surface area contributed by atoms with Gasteiger partial charge in [-0.25, -0.2) is 4.79 Å². The zero-order valence-corrected chi connectivity index (χ0v) is 16.8. The number of carbonyl (C=O) groups excluding carboxylic acids is 1. The van der Waals surface area contributed by atoms with E-state index in [4.69, 9.17) is 14.2 Å². The zero-order valence-electron chi connectivity index (χ0n) is 16.8. The second-order valence-corrected chi connectivity index (χ2v) is 7.19. The molecule has 3 aromatic carbocycles. The number of phenols is 1. The quantitative estimate of drug-likeness (QED) is 0.606. The highest BCUT2D eigenvalue weighted by Gasteiger charge is 2.33. The third-order valence-corrected chi connectivity index (χ3v) is 5.28. The van der Waals surface area contributed by atoms with Gasteiger partial charge < -0.3 is 19.3 Å². The molecule has 5 heteroatoms. The van der Waals surface area contributed by atoms with Crippen LogP contribution in [0.1, 0.15) is 35.4 Å². The van der Waals surface area contributed by atoms with Crippen LogP contribution in [0.25, 0.3) is 0 Å². The fourth-order valence-corrected chi connectivity index (χ4v) is 3.92. The topological polar surface area (TPSA) is 65.0 Å². The van der Waals surface area contributed by atoms with E-state index in [1.165, 1.54) is 5.56 Å². The van der Waals surface area contributed by atoms with Gasteiger partial charge in [0.15, 0.2) is 6.61 Å². The van der Waals surface area contributed by atoms with Crippen LogP contribution in [0.15, 0.2) is 72.8 Å². The van der Waals surface area contributed by atoms with E-state index in [1.807, 2.05) is 48.5 Å². The summed E-state index contributed by atoms with van der Waals surface area (Å²) in [5.74, 6) is 1.33. The van der Waals surface area contributed by atoms with Gasteiger partial charge in [-0.1, -0.05) is 42.5 Å². The van der Waals surface area contributed by atoms with Crippen LogP contribution >= 0.6 is 0 Å². The molecule has 0 radical (unpaired) electrons. The molecular weight excluding hydrogens is 380 g/mol. The van der Waals surface area contributed by atoms with E-state index in [2.05, 4.69) is 12.1 Å². The van der Waals surface area contributed by atoms with Crippen molar-refractivity contribution in [3.8, 4) is 17.2 Å². The van der Waals surface area contributed by atoms with E-state index in [9.17, 15) is 9.90 Å². The Labute approximate surface area is 175 Å². The van der Waals surface area contributed by atoms with E-state index in [0.29, 0.717) is 19.0 Å². The van der Waals surface area contributed by atoms with Crippen LogP contribution in [0.2, 0.25) is 0 Å². The van der Waals surface area contributed by atoms with E-state index < -0.39 is 0 Å². The van der Waals surface area contributed by atoms with E-state index in [1.54, 1.807) is 19.1 Å². The molecule has 30 heavy (non-hydrogen) atoms. The summed E-state index contributed by atoms with van der Waals surface area (Å²) < 4.78 is 16.4. The Morgan fingerprint density at radius 1 is 1.03 bits per heavy atom. The number of ether oxygens (including phenoxy) is 3. The SMILES string of the molecule is CCOC(=O)COc1ccc([C@H]2c3cc(O)ccc3OC[C@@H]2c2ccccc2)cc1. The number of hydrogen-bond donors (Lipinski definition) is 1. The molecule has 0 fully saturated rings. The molecule has 0 unspecified atom stereocenters. The van der Waals surface area contributed by atoms with Crippen molar-refractivity contribution < 1.29 is 24.1 Å². The summed E-state index contributed by atoms with van der Waals surface area (Å²) in [7, 11) is 0. The van der Waals surface area contributed by atoms with E-state index >= 15 is 0 Å². The molecular formula is C25H24O5. The number of phenolic OH excluding ortho intramolecular Hbond substituents is 1. The second-order valence-electron chi connectivity index (χ2n) is 7.19. The van der Waals surface area contributed by atoms with Gasteiger partial charge in [-0.05, 0) is 48.4 Å². The van der Waals surface area contributed by atoms with Crippen LogP contribution < -0.4 is 9.47 Å². The average Bonchev–Trinajstić information content (AvgIpc) is 2.78. The predicted octanol–water partition coefficient (Wildman–Crippen LogP) is 4.64. The Kier molecular flexibility index (Phi) is 5.89. The number of aromatic hydroxyl groups is 1. The van der Waals surface area contributed by atoms with Crippen molar-refractivity contribution in [3.05, 3.63) is 89.5 Å². The fraction of sp³-hybridized carbons (Fsp3) is 0.240. The molecule has 5 nitrogen and oxygen atoms in total. The molecule has 0 amide bonds. The normalized spacial score (nSPS) is 17.5. The Hall–Kier alpha value is -3.47. The van der Waals surface area contributed by atoms with Crippen LogP contribution in [-0.2, 0) is 9.53 Å². The first-order valence-electron chi connectivity index (χ1n) is 10.0. The molecule has 0 bridgehead atoms. The number of fused-ring (bicyclic) bond motifs is 1. The van der Waals surface area contributed by atoms with Crippen molar-refractivity contribution in [2.24, 2.45) is 0 Å². The molecule has 1 aliphatic rings. The van der Waals surface area contributed by atoms with Gasteiger partial charge in [-0.3, -0.25) is 0 Å². The maximum Gasteiger partial charge on any atom is 0.344 e. The molecule has 1 N–H and O–H groups in total. The standard InChI is InChI=1S/C25H24O5/c1-2-28-24(27)16-29-20-11-8-18(9-12-20)25-21-14-19(26)10-13-23(21)30-15-22(25)17-6-4-3-5-7-17/h3-14,22,25-26H,2,15-16H2,1H3/t22-,25+/m1/s1. The number of hydrogen-bond acceptors (Lipinski definition) is 5. The average molecular weight is 404 g/mol. The van der Waals surface area contributed by atoms with Crippen LogP contribution in [0.5, 0.6) is 17.2 Å². The lowest BCUT2D eigenvalue weighted by molar-refractivity contribution is -0.145. The molecule has 0 saturated carbocycles. The van der Waals surface area contributed by atoms with Gasteiger partial charge in [-0.2, -0.15) is 0 Å². The van der Waals surface area contributed by atoms with Crippen LogP contribution in [0.3, 0.4) is 0 Å². The highest BCUT2D eigenvalue weighted by atomic mass is 16.6. The zero-order chi connectivity index (χ0) is 20.9. The van der Waals surface area contributed by atoms with Gasteiger partial charge in [0.05, 0.1) is 13.2 Å². The maximum absolute atomic E-state index is 11.5. The minimum atomic E-state index is -0.389. The van der Waals surface area contributed by atoms with Gasteiger partial charge in [0.1, 0.15) is 17.2 Å². The van der Waals surface area contributed by atoms with E-state index in [0.717, 1.165) is 16.9 Å². The predicted molar refractivity (Wildman–Crippen MR) is 113 cm³/mol. The Bertz CT molecular complexity index is 998. The lowest BCUT2D eigenvalue weighted by atomic mass is 9.76. The van der Waals surface area contributed by atoms with Crippen LogP contribution in [0.4, 0.5) is 0 Å². The Morgan fingerprint density at radius 2 is 1.80 bits per heavy atom. The summed E-state index contributed by atoms with van der Waals surface area (Å²) in [4.78, 5) is 11.5. The number of carbonyl (C=O) groups is 1. The van der Waals surface area contributed by atoms with Crippen LogP contribution in [0, 0.1) is 0 Å². The Morgan fingerprint density at radius 3 is 2.53 bits per heavy atom. The molecule has 0 aliphatic carbocycles. The summed E-state index contributed by atoms with van der Waals surface area (Å²) in [6, 6.07) is 23.2. The van der Waals surface area contributed by atoms with Crippen molar-refractivity contribution in [2.75, 3.05) is 19.8 Å². The molecule has 0 saturated heterocycles. The number of benzene rings is 3. The summed E-state index contributed by atoms with van der Waals surface area (Å²) in [6.07, 6.45) is 0. The minimum absolute atomic E-state index is 0.0161. The van der Waals surface area contributed by atoms with Crippen molar-refractivity contribution in [3.63, 3.8) is 0 Å². The lowest BCUT2D eigenvalue weighted by Crippen LogP contribution is -2.25. The van der Waals surface area contributed by atoms with E-state index in [-0.39, 0.29) is 30.2 Å². The summed E-state index contributed by atoms with van der Waals surface area (Å²) in [5.41, 5.74) is 3.22. The first-order chi connectivity index (χ1) is 14.7. The molecule has 1 heterocycles. The number of rotatable bonds is 6. The summed E-state index contributed by atoms with van der Waals surface area (Å²) in [6.45, 7) is 2.53. The molecule has 154 valence electrons. The molecule has 1 aliphatic heterocycles. The van der Waals surface area contributed by atoms with Crippen molar-refractivity contribution in [1.82, 2.24) is 0 Å². The minimum Gasteiger partial charge on any atom is -0.508 e. The smallest absolute Gasteiger partial charge is 0.344 e. The maximum atomic E-state index is 11.5. The summed E-state index contributed by atoms with van der Waals surface area (Å²) >= 11 is 0. The van der Waals surface area contributed by atoms with Crippen LogP contribution in [-0.4, -0.2) is 30.9 Å². The second kappa shape index (κ2) is 8.91. The molecule has 4 rings (SSSR count). The first kappa shape index (κ1) is 19.8. The van der Waals surface area contributed by atoms with Crippen molar-refractivity contribution >= 4 is 5.97 Å². The third kappa shape index (κ3) is 4.25. The van der Waals surface area contributed by atoms with Gasteiger partial charge >= 0.3 is 5.97 Å². The fourth-order valence-electron chi connectivity index (χ4n) is 3.92. The highest BCUT2D eigenvalue weighted by molar-refractivity contribution is 5.71. The third-order valence-electron chi connectivity index (χ3n) is 5.28. The lowest BCUT2D eigenvalue weighted by Gasteiger charge is -2.34. The number of esters is 1. The van der Waals surface area contributed by atoms with Gasteiger partial charge in [0.25, 0.3) is 0 Å². The molecule has 0 spiro atoms. The molecule has 3 aromatic rings. The van der Waals surface area contributed by atoms with Crippen molar-refractivity contribution in [1.29, 1.82) is 0 Å². The van der Waals surface area contributed by atoms with Gasteiger partial charge in [0, 0.05) is 17.4 Å². The summed E-state index contributed by atoms with van der Waals surface area (Å²) in [5, 5.41) is 10.1. The monoisotopic (exact) mass is 404 g/mol. The Balaban J connectivity index is 1.65. The van der Waals surface area contributed by atoms with Gasteiger partial charge in [-0.15, -0.1) is 0 Å². The first-order valence-corrected chi connectivity index (χ1v) is 10.0. The van der Waals surface area contributed by atoms with Gasteiger partial charge in [0.2, 0.25) is 0 Å². The van der Waals surface area contributed by atoms with Crippen molar-refractivity contribution in [2.45, 2.75) is 18.8 Å². The molecule has 2 atom stereocenters. The largest absolute Gasteiger partial charge is 0.508 e. The molecule has 0 aromatic heterocycles.